The second kappa shape index (κ2) is 13.2. The summed E-state index contributed by atoms with van der Waals surface area (Å²) in [7, 11) is 0. The lowest BCUT2D eigenvalue weighted by Crippen LogP contribution is -2.48. The van der Waals surface area contributed by atoms with E-state index in [2.05, 4.69) is 35.3 Å². The predicted molar refractivity (Wildman–Crippen MR) is 148 cm³/mol. The van der Waals surface area contributed by atoms with Gasteiger partial charge in [0.15, 0.2) is 5.11 Å². The van der Waals surface area contributed by atoms with Gasteiger partial charge in [-0.3, -0.25) is 30.6 Å². The summed E-state index contributed by atoms with van der Waals surface area (Å²) in [4.78, 5) is 37.2. The molecule has 0 radical (unpaired) electrons. The van der Waals surface area contributed by atoms with Gasteiger partial charge in [-0.2, -0.15) is 0 Å². The number of benzene rings is 3. The van der Waals surface area contributed by atoms with Gasteiger partial charge in [0, 0.05) is 22.4 Å². The molecule has 0 unspecified atom stereocenters. The first-order chi connectivity index (χ1) is 17.7. The molecular formula is C28H30N4O4S. The smallest absolute Gasteiger partial charge is 0.269 e. The van der Waals surface area contributed by atoms with E-state index in [1.54, 1.807) is 60.7 Å². The molecule has 37 heavy (non-hydrogen) atoms. The van der Waals surface area contributed by atoms with E-state index in [9.17, 15) is 14.4 Å². The molecule has 0 atom stereocenters. The third-order valence-corrected chi connectivity index (χ3v) is 5.49. The Labute approximate surface area is 221 Å². The molecule has 9 heteroatoms. The second-order valence-electron chi connectivity index (χ2n) is 8.82. The number of ether oxygens (including phenoxy) is 1. The minimum atomic E-state index is -0.462. The van der Waals surface area contributed by atoms with Gasteiger partial charge in [0.05, 0.1) is 6.61 Å². The van der Waals surface area contributed by atoms with Crippen LogP contribution >= 0.6 is 12.2 Å². The maximum absolute atomic E-state index is 12.4. The zero-order valence-electron chi connectivity index (χ0n) is 21.0. The lowest BCUT2D eigenvalue weighted by Gasteiger charge is -2.12. The monoisotopic (exact) mass is 518 g/mol. The SMILES string of the molecule is Cc1cccc(C(=O)Nc2ccc(C(=O)NNC(=S)NC(=O)c3ccc(OCCC(C)C)cc3)cc2)c1. The fourth-order valence-electron chi connectivity index (χ4n) is 3.20. The van der Waals surface area contributed by atoms with Crippen molar-refractivity contribution >= 4 is 40.7 Å². The number of hydrazine groups is 1. The van der Waals surface area contributed by atoms with Crippen LogP contribution in [0.1, 0.15) is 56.9 Å². The largest absolute Gasteiger partial charge is 0.494 e. The Morgan fingerprint density at radius 1 is 0.811 bits per heavy atom. The van der Waals surface area contributed by atoms with Gasteiger partial charge in [0.25, 0.3) is 17.7 Å². The van der Waals surface area contributed by atoms with Crippen LogP contribution < -0.4 is 26.2 Å². The van der Waals surface area contributed by atoms with Crippen LogP contribution in [0, 0.1) is 12.8 Å². The fourth-order valence-corrected chi connectivity index (χ4v) is 3.35. The summed E-state index contributed by atoms with van der Waals surface area (Å²) in [5.74, 6) is 0.114. The molecule has 0 aromatic heterocycles. The van der Waals surface area contributed by atoms with Gasteiger partial charge in [0.2, 0.25) is 0 Å². The molecule has 0 fully saturated rings. The highest BCUT2D eigenvalue weighted by atomic mass is 32.1. The molecule has 0 aliphatic carbocycles. The maximum atomic E-state index is 12.4. The molecule has 0 bridgehead atoms. The highest BCUT2D eigenvalue weighted by Crippen LogP contribution is 2.14. The van der Waals surface area contributed by atoms with Crippen LogP contribution in [0.25, 0.3) is 0 Å². The van der Waals surface area contributed by atoms with E-state index in [0.717, 1.165) is 12.0 Å². The Bertz CT molecular complexity index is 1260. The quantitative estimate of drug-likeness (QED) is 0.256. The zero-order chi connectivity index (χ0) is 26.8. The number of rotatable bonds is 8. The highest BCUT2D eigenvalue weighted by molar-refractivity contribution is 7.80. The number of anilines is 1. The predicted octanol–water partition coefficient (Wildman–Crippen LogP) is 4.62. The first-order valence-electron chi connectivity index (χ1n) is 11.8. The Morgan fingerprint density at radius 2 is 1.46 bits per heavy atom. The van der Waals surface area contributed by atoms with Crippen molar-refractivity contribution in [3.05, 3.63) is 95.1 Å². The third-order valence-electron chi connectivity index (χ3n) is 5.28. The summed E-state index contributed by atoms with van der Waals surface area (Å²) < 4.78 is 5.65. The van der Waals surface area contributed by atoms with Crippen LogP contribution in [0.2, 0.25) is 0 Å². The molecule has 3 aromatic carbocycles. The van der Waals surface area contributed by atoms with Gasteiger partial charge in [0.1, 0.15) is 5.75 Å². The average Bonchev–Trinajstić information content (AvgIpc) is 2.88. The van der Waals surface area contributed by atoms with E-state index < -0.39 is 11.8 Å². The highest BCUT2D eigenvalue weighted by Gasteiger charge is 2.11. The molecule has 8 nitrogen and oxygen atoms in total. The topological polar surface area (TPSA) is 109 Å². The Balaban J connectivity index is 1.44. The third kappa shape index (κ3) is 8.73. The van der Waals surface area contributed by atoms with Gasteiger partial charge in [-0.05, 0) is 92.1 Å². The molecule has 0 saturated heterocycles. The molecule has 0 aliphatic heterocycles. The Hall–Kier alpha value is -4.24. The molecule has 0 aliphatic rings. The van der Waals surface area contributed by atoms with Crippen LogP contribution in [0.4, 0.5) is 5.69 Å². The number of thiocarbonyl (C=S) groups is 1. The van der Waals surface area contributed by atoms with Crippen molar-refractivity contribution in [3.8, 4) is 5.75 Å². The second-order valence-corrected chi connectivity index (χ2v) is 9.23. The summed E-state index contributed by atoms with van der Waals surface area (Å²) in [5.41, 5.74) is 7.77. The molecule has 3 aromatic rings. The van der Waals surface area contributed by atoms with Crippen molar-refractivity contribution < 1.29 is 19.1 Å². The standard InChI is InChI=1S/C28H30N4O4S/c1-18(2)15-16-36-24-13-9-20(10-14-24)25(33)30-28(37)32-31-27(35)21-7-11-23(12-8-21)29-26(34)22-6-4-5-19(3)17-22/h4-14,17-18H,15-16H2,1-3H3,(H,29,34)(H,31,35)(H2,30,32,33,37). The van der Waals surface area contributed by atoms with Crippen LogP contribution in [0.3, 0.4) is 0 Å². The molecule has 0 saturated carbocycles. The van der Waals surface area contributed by atoms with Crippen molar-refractivity contribution in [2.75, 3.05) is 11.9 Å². The van der Waals surface area contributed by atoms with E-state index in [1.165, 1.54) is 0 Å². The van der Waals surface area contributed by atoms with E-state index in [0.29, 0.717) is 40.7 Å². The van der Waals surface area contributed by atoms with Crippen molar-refractivity contribution in [1.29, 1.82) is 0 Å². The number of hydrogen-bond donors (Lipinski definition) is 4. The lowest BCUT2D eigenvalue weighted by molar-refractivity contribution is 0.0934. The molecule has 192 valence electrons. The van der Waals surface area contributed by atoms with E-state index in [1.807, 2.05) is 19.1 Å². The maximum Gasteiger partial charge on any atom is 0.269 e. The molecule has 4 N–H and O–H groups in total. The molecule has 3 rings (SSSR count). The first kappa shape index (κ1) is 27.3. The number of carbonyl (C=O) groups excluding carboxylic acids is 3. The van der Waals surface area contributed by atoms with Crippen molar-refractivity contribution in [3.63, 3.8) is 0 Å². The van der Waals surface area contributed by atoms with Crippen molar-refractivity contribution in [2.45, 2.75) is 27.2 Å². The van der Waals surface area contributed by atoms with Crippen LogP contribution in [-0.4, -0.2) is 29.4 Å². The number of hydrogen-bond acceptors (Lipinski definition) is 5. The number of aryl methyl sites for hydroxylation is 1. The van der Waals surface area contributed by atoms with E-state index >= 15 is 0 Å². The summed E-state index contributed by atoms with van der Waals surface area (Å²) in [6, 6.07) is 20.4. The van der Waals surface area contributed by atoms with E-state index in [4.69, 9.17) is 17.0 Å². The zero-order valence-corrected chi connectivity index (χ0v) is 21.8. The summed E-state index contributed by atoms with van der Waals surface area (Å²) in [6.07, 6.45) is 0.947. The normalized spacial score (nSPS) is 10.4. The summed E-state index contributed by atoms with van der Waals surface area (Å²) in [5, 5.41) is 5.25. The van der Waals surface area contributed by atoms with Crippen LogP contribution in [0.15, 0.2) is 72.8 Å². The van der Waals surface area contributed by atoms with Gasteiger partial charge in [-0.1, -0.05) is 31.5 Å². The average molecular weight is 519 g/mol. The minimum absolute atomic E-state index is 0.0577. The van der Waals surface area contributed by atoms with Gasteiger partial charge < -0.3 is 10.1 Å². The van der Waals surface area contributed by atoms with Crippen molar-refractivity contribution in [1.82, 2.24) is 16.2 Å². The molecular weight excluding hydrogens is 488 g/mol. The number of nitrogens with one attached hydrogen (secondary N) is 4. The molecule has 0 heterocycles. The van der Waals surface area contributed by atoms with Crippen LogP contribution in [0.5, 0.6) is 5.75 Å². The summed E-state index contributed by atoms with van der Waals surface area (Å²) >= 11 is 5.10. The summed E-state index contributed by atoms with van der Waals surface area (Å²) in [6.45, 7) is 6.78. The van der Waals surface area contributed by atoms with Gasteiger partial charge in [-0.15, -0.1) is 0 Å². The van der Waals surface area contributed by atoms with Gasteiger partial charge in [-0.25, -0.2) is 0 Å². The fraction of sp³-hybridized carbons (Fsp3) is 0.214. The molecule has 3 amide bonds. The lowest BCUT2D eigenvalue weighted by atomic mass is 10.1. The Kier molecular flexibility index (Phi) is 9.74. The van der Waals surface area contributed by atoms with Crippen LogP contribution in [-0.2, 0) is 0 Å². The van der Waals surface area contributed by atoms with E-state index in [-0.39, 0.29) is 11.0 Å². The van der Waals surface area contributed by atoms with Gasteiger partial charge >= 0.3 is 0 Å². The Morgan fingerprint density at radius 3 is 2.11 bits per heavy atom. The van der Waals surface area contributed by atoms with Crippen molar-refractivity contribution in [2.24, 2.45) is 5.92 Å². The minimum Gasteiger partial charge on any atom is -0.494 e. The first-order valence-corrected chi connectivity index (χ1v) is 12.2. The molecule has 0 spiro atoms. The number of amides is 3. The number of carbonyl (C=O) groups is 3.